The summed E-state index contributed by atoms with van der Waals surface area (Å²) in [4.78, 5) is 67.5. The van der Waals surface area contributed by atoms with Gasteiger partial charge >= 0.3 is 12.1 Å². The normalized spacial score (nSPS) is 18.2. The number of rotatable bonds is 10. The lowest BCUT2D eigenvalue weighted by Gasteiger charge is -2.35. The van der Waals surface area contributed by atoms with Gasteiger partial charge in [-0.2, -0.15) is 0 Å². The fourth-order valence-electron chi connectivity index (χ4n) is 4.82. The Hall–Kier alpha value is -4.30. The van der Waals surface area contributed by atoms with Crippen LogP contribution in [0.5, 0.6) is 0 Å². The van der Waals surface area contributed by atoms with E-state index in [1.54, 1.807) is 6.92 Å². The van der Waals surface area contributed by atoms with E-state index >= 15 is 0 Å². The van der Waals surface area contributed by atoms with Crippen molar-refractivity contribution in [2.45, 2.75) is 44.8 Å². The van der Waals surface area contributed by atoms with Gasteiger partial charge in [0, 0.05) is 44.2 Å². The second kappa shape index (κ2) is 14.5. The SMILES string of the molecule is CCOC(=O)ON1CCN(C(=O)C(CCC(=O)O)NC(=O)c2cc(N3CCC[C@H](O)C3)nc(-c3ccccc3)n2)CC1. The van der Waals surface area contributed by atoms with Crippen LogP contribution in [0.25, 0.3) is 11.4 Å². The number of amides is 2. The monoisotopic (exact) mass is 584 g/mol. The van der Waals surface area contributed by atoms with Gasteiger partial charge < -0.3 is 34.9 Å². The molecular formula is C28H36N6O8. The van der Waals surface area contributed by atoms with Crippen molar-refractivity contribution >= 4 is 29.8 Å². The predicted octanol–water partition coefficient (Wildman–Crippen LogP) is 1.30. The number of piperidine rings is 1. The van der Waals surface area contributed by atoms with E-state index in [0.717, 1.165) is 6.42 Å². The van der Waals surface area contributed by atoms with Gasteiger partial charge in [-0.1, -0.05) is 30.3 Å². The number of β-amino-alcohol motifs (C(OH)–C–C–N with tert-alkyl or cyclic N) is 1. The van der Waals surface area contributed by atoms with Crippen molar-refractivity contribution in [2.75, 3.05) is 50.8 Å². The number of aliphatic carboxylic acids is 1. The number of carboxylic acids is 1. The Morgan fingerprint density at radius 3 is 2.48 bits per heavy atom. The van der Waals surface area contributed by atoms with Crippen LogP contribution in [-0.2, 0) is 19.2 Å². The summed E-state index contributed by atoms with van der Waals surface area (Å²) in [6, 6.07) is 9.53. The Labute approximate surface area is 243 Å². The summed E-state index contributed by atoms with van der Waals surface area (Å²) >= 11 is 0. The highest BCUT2D eigenvalue weighted by Gasteiger charge is 2.31. The number of nitrogens with zero attached hydrogens (tertiary/aromatic N) is 5. The Morgan fingerprint density at radius 1 is 1.07 bits per heavy atom. The first kappa shape index (κ1) is 30.7. The van der Waals surface area contributed by atoms with Crippen LogP contribution >= 0.6 is 0 Å². The van der Waals surface area contributed by atoms with E-state index < -0.39 is 36.1 Å². The van der Waals surface area contributed by atoms with Crippen LogP contribution in [-0.4, -0.2) is 112 Å². The van der Waals surface area contributed by atoms with Gasteiger partial charge in [-0.15, -0.1) is 5.06 Å². The largest absolute Gasteiger partial charge is 0.527 e. The van der Waals surface area contributed by atoms with Gasteiger partial charge in [0.15, 0.2) is 5.82 Å². The molecule has 42 heavy (non-hydrogen) atoms. The van der Waals surface area contributed by atoms with Gasteiger partial charge in [-0.25, -0.2) is 14.8 Å². The maximum Gasteiger partial charge on any atom is 0.527 e. The number of piperazine rings is 1. The van der Waals surface area contributed by atoms with Crippen LogP contribution in [0.1, 0.15) is 43.1 Å². The molecule has 14 heteroatoms. The third-order valence-corrected chi connectivity index (χ3v) is 6.96. The number of aromatic nitrogens is 2. The number of anilines is 1. The molecule has 2 aliphatic heterocycles. The molecule has 2 fully saturated rings. The second-order valence-electron chi connectivity index (χ2n) is 10.0. The number of aliphatic hydroxyl groups is 1. The molecule has 0 spiro atoms. The van der Waals surface area contributed by atoms with E-state index in [4.69, 9.17) is 9.57 Å². The average molecular weight is 585 g/mol. The Morgan fingerprint density at radius 2 is 1.81 bits per heavy atom. The van der Waals surface area contributed by atoms with Crippen LogP contribution in [0.3, 0.4) is 0 Å². The molecule has 3 N–H and O–H groups in total. The summed E-state index contributed by atoms with van der Waals surface area (Å²) in [5, 5.41) is 23.6. The molecule has 0 saturated carbocycles. The molecule has 3 heterocycles. The molecule has 4 rings (SSSR count). The summed E-state index contributed by atoms with van der Waals surface area (Å²) in [6.07, 6.45) is -0.372. The Kier molecular flexibility index (Phi) is 10.6. The molecule has 0 aliphatic carbocycles. The molecule has 2 aliphatic rings. The molecule has 2 aromatic rings. The minimum atomic E-state index is -1.12. The standard InChI is InChI=1S/C28H36N6O8/c1-2-41-28(40)42-34-15-13-32(14-16-34)27(39)21(10-11-24(36)37)30-26(38)22-17-23(33-12-6-9-20(35)18-33)31-25(29-22)19-7-4-3-5-8-19/h3-5,7-8,17,20-21,35H,2,6,9-16,18H2,1H3,(H,30,38)(H,36,37)/t20-,21?/m0/s1. The van der Waals surface area contributed by atoms with Gasteiger partial charge in [0.05, 0.1) is 25.8 Å². The maximum absolute atomic E-state index is 13.5. The van der Waals surface area contributed by atoms with Crippen molar-refractivity contribution in [1.29, 1.82) is 0 Å². The van der Waals surface area contributed by atoms with Crippen molar-refractivity contribution in [3.63, 3.8) is 0 Å². The van der Waals surface area contributed by atoms with Crippen LogP contribution < -0.4 is 10.2 Å². The van der Waals surface area contributed by atoms with E-state index in [1.165, 1.54) is 16.0 Å². The maximum atomic E-state index is 13.5. The topological polar surface area (TPSA) is 175 Å². The number of hydroxylamine groups is 2. The minimum Gasteiger partial charge on any atom is -0.481 e. The molecule has 1 aromatic heterocycles. The van der Waals surface area contributed by atoms with Crippen molar-refractivity contribution < 1.29 is 39.0 Å². The summed E-state index contributed by atoms with van der Waals surface area (Å²) < 4.78 is 4.77. The van der Waals surface area contributed by atoms with E-state index in [-0.39, 0.29) is 51.3 Å². The molecule has 2 saturated heterocycles. The zero-order valence-corrected chi connectivity index (χ0v) is 23.5. The number of carbonyl (C=O) groups excluding carboxylic acids is 3. The second-order valence-corrected chi connectivity index (χ2v) is 10.0. The zero-order chi connectivity index (χ0) is 30.1. The van der Waals surface area contributed by atoms with Crippen LogP contribution in [0.4, 0.5) is 10.6 Å². The molecule has 226 valence electrons. The Balaban J connectivity index is 1.52. The van der Waals surface area contributed by atoms with E-state index in [2.05, 4.69) is 15.3 Å². The average Bonchev–Trinajstić information content (AvgIpc) is 2.99. The van der Waals surface area contributed by atoms with E-state index in [0.29, 0.717) is 36.7 Å². The number of ether oxygens (including phenoxy) is 1. The van der Waals surface area contributed by atoms with Crippen LogP contribution in [0, 0.1) is 0 Å². The van der Waals surface area contributed by atoms with Gasteiger partial charge in [0.2, 0.25) is 5.91 Å². The fraction of sp³-hybridized carbons (Fsp3) is 0.500. The molecule has 2 atom stereocenters. The molecule has 2 amide bonds. The Bertz CT molecular complexity index is 1250. The summed E-state index contributed by atoms with van der Waals surface area (Å²) in [6.45, 7) is 3.68. The highest BCUT2D eigenvalue weighted by Crippen LogP contribution is 2.23. The number of carboxylic acid groups (broad SMARTS) is 1. The highest BCUT2D eigenvalue weighted by atomic mass is 16.8. The molecule has 0 bridgehead atoms. The van der Waals surface area contributed by atoms with Crippen LogP contribution in [0.2, 0.25) is 0 Å². The highest BCUT2D eigenvalue weighted by molar-refractivity contribution is 5.97. The lowest BCUT2D eigenvalue weighted by Crippen LogP contribution is -2.55. The summed E-state index contributed by atoms with van der Waals surface area (Å²) in [7, 11) is 0. The number of aliphatic hydroxyl groups excluding tert-OH is 1. The van der Waals surface area contributed by atoms with E-state index in [1.807, 2.05) is 35.2 Å². The summed E-state index contributed by atoms with van der Waals surface area (Å²) in [5.74, 6) is -1.42. The third-order valence-electron chi connectivity index (χ3n) is 6.96. The van der Waals surface area contributed by atoms with Gasteiger partial charge in [0.25, 0.3) is 5.91 Å². The van der Waals surface area contributed by atoms with E-state index in [9.17, 15) is 29.4 Å². The number of hydrogen-bond donors (Lipinski definition) is 3. The van der Waals surface area contributed by atoms with Crippen molar-refractivity contribution in [1.82, 2.24) is 25.2 Å². The minimum absolute atomic E-state index is 0.0136. The quantitative estimate of drug-likeness (QED) is 0.342. The van der Waals surface area contributed by atoms with Crippen LogP contribution in [0.15, 0.2) is 36.4 Å². The van der Waals surface area contributed by atoms with Gasteiger partial charge in [-0.3, -0.25) is 14.4 Å². The first-order chi connectivity index (χ1) is 20.2. The lowest BCUT2D eigenvalue weighted by atomic mass is 10.1. The third kappa shape index (κ3) is 8.36. The van der Waals surface area contributed by atoms with Gasteiger partial charge in [-0.05, 0) is 26.2 Å². The predicted molar refractivity (Wildman–Crippen MR) is 149 cm³/mol. The van der Waals surface area contributed by atoms with Crippen molar-refractivity contribution in [3.05, 3.63) is 42.1 Å². The zero-order valence-electron chi connectivity index (χ0n) is 23.5. The van der Waals surface area contributed by atoms with Crippen molar-refractivity contribution in [3.8, 4) is 11.4 Å². The number of carbonyl (C=O) groups is 4. The first-order valence-corrected chi connectivity index (χ1v) is 14.0. The number of benzene rings is 1. The molecule has 1 unspecified atom stereocenters. The van der Waals surface area contributed by atoms with Crippen molar-refractivity contribution in [2.24, 2.45) is 0 Å². The molecule has 0 radical (unpaired) electrons. The first-order valence-electron chi connectivity index (χ1n) is 14.0. The number of hydrogen-bond acceptors (Lipinski definition) is 11. The number of nitrogens with one attached hydrogen (secondary N) is 1. The smallest absolute Gasteiger partial charge is 0.481 e. The molecule has 14 nitrogen and oxygen atoms in total. The summed E-state index contributed by atoms with van der Waals surface area (Å²) in [5.41, 5.74) is 0.701. The lowest BCUT2D eigenvalue weighted by molar-refractivity contribution is -0.157. The molecule has 1 aromatic carbocycles. The van der Waals surface area contributed by atoms with Gasteiger partial charge in [0.1, 0.15) is 17.6 Å². The molecular weight excluding hydrogens is 548 g/mol. The fourth-order valence-corrected chi connectivity index (χ4v) is 4.82.